The maximum absolute atomic E-state index is 13.5. The first-order valence-corrected chi connectivity index (χ1v) is 7.85. The number of nitrogens with one attached hydrogen (secondary N) is 1. The Morgan fingerprint density at radius 2 is 2.08 bits per heavy atom. The van der Waals surface area contributed by atoms with Gasteiger partial charge in [0.15, 0.2) is 11.6 Å². The van der Waals surface area contributed by atoms with E-state index in [4.69, 9.17) is 4.52 Å². The van der Waals surface area contributed by atoms with Crippen molar-refractivity contribution in [3.63, 3.8) is 0 Å². The van der Waals surface area contributed by atoms with Crippen molar-refractivity contribution in [2.45, 2.75) is 32.9 Å². The summed E-state index contributed by atoms with van der Waals surface area (Å²) in [5, 5.41) is 6.51. The summed E-state index contributed by atoms with van der Waals surface area (Å²) in [6.07, 6.45) is 0.463. The fourth-order valence-corrected chi connectivity index (χ4v) is 2.91. The van der Waals surface area contributed by atoms with Gasteiger partial charge >= 0.3 is 0 Å². The van der Waals surface area contributed by atoms with Crippen LogP contribution in [0.2, 0.25) is 0 Å². The van der Waals surface area contributed by atoms with E-state index in [0.717, 1.165) is 12.1 Å². The third-order valence-corrected chi connectivity index (χ3v) is 4.12. The standard InChI is InChI=1S/C17H17F2N3O3/c1-9(20-10(2)23)17(24)22-6-5-15-12(8-22)16(21-25-15)11-3-4-13(18)14(19)7-11/h3-4,7,9H,5-6,8H2,1-2H3,(H,20,23)/t9-/m0/s1. The van der Waals surface area contributed by atoms with Crippen LogP contribution < -0.4 is 5.32 Å². The van der Waals surface area contributed by atoms with E-state index in [9.17, 15) is 18.4 Å². The summed E-state index contributed by atoms with van der Waals surface area (Å²) in [4.78, 5) is 25.2. The van der Waals surface area contributed by atoms with E-state index in [1.54, 1.807) is 11.8 Å². The maximum Gasteiger partial charge on any atom is 0.245 e. The van der Waals surface area contributed by atoms with E-state index in [1.807, 2.05) is 0 Å². The summed E-state index contributed by atoms with van der Waals surface area (Å²) >= 11 is 0. The Labute approximate surface area is 142 Å². The Balaban J connectivity index is 1.85. The van der Waals surface area contributed by atoms with Gasteiger partial charge < -0.3 is 14.7 Å². The first kappa shape index (κ1) is 17.1. The Kier molecular flexibility index (Phi) is 4.52. The Hall–Kier alpha value is -2.77. The summed E-state index contributed by atoms with van der Waals surface area (Å²) in [5.74, 6) is -1.81. The van der Waals surface area contributed by atoms with Crippen molar-refractivity contribution in [2.24, 2.45) is 0 Å². The molecule has 0 aliphatic carbocycles. The highest BCUT2D eigenvalue weighted by atomic mass is 19.2. The van der Waals surface area contributed by atoms with Gasteiger partial charge in [0.1, 0.15) is 17.5 Å². The number of amides is 2. The zero-order valence-electron chi connectivity index (χ0n) is 13.8. The van der Waals surface area contributed by atoms with Gasteiger partial charge in [-0.25, -0.2) is 8.78 Å². The molecule has 1 aromatic carbocycles. The highest BCUT2D eigenvalue weighted by molar-refractivity contribution is 5.86. The molecule has 1 atom stereocenters. The highest BCUT2D eigenvalue weighted by Gasteiger charge is 2.30. The molecular weight excluding hydrogens is 332 g/mol. The van der Waals surface area contributed by atoms with Crippen molar-refractivity contribution in [3.8, 4) is 11.3 Å². The molecule has 132 valence electrons. The Bertz CT molecular complexity index is 835. The molecule has 1 aliphatic rings. The van der Waals surface area contributed by atoms with E-state index in [1.165, 1.54) is 13.0 Å². The summed E-state index contributed by atoms with van der Waals surface area (Å²) in [6, 6.07) is 2.84. The van der Waals surface area contributed by atoms with Crippen molar-refractivity contribution in [2.75, 3.05) is 6.54 Å². The molecule has 8 heteroatoms. The number of rotatable bonds is 3. The van der Waals surface area contributed by atoms with Crippen molar-refractivity contribution in [3.05, 3.63) is 41.2 Å². The van der Waals surface area contributed by atoms with Crippen molar-refractivity contribution in [1.29, 1.82) is 0 Å². The van der Waals surface area contributed by atoms with Gasteiger partial charge in [-0.05, 0) is 25.1 Å². The first-order valence-electron chi connectivity index (χ1n) is 7.85. The summed E-state index contributed by atoms with van der Waals surface area (Å²) in [7, 11) is 0. The van der Waals surface area contributed by atoms with Crippen LogP contribution in [0, 0.1) is 11.6 Å². The largest absolute Gasteiger partial charge is 0.360 e. The van der Waals surface area contributed by atoms with Crippen LogP contribution in [0.25, 0.3) is 11.3 Å². The lowest BCUT2D eigenvalue weighted by Crippen LogP contribution is -2.47. The first-order chi connectivity index (χ1) is 11.9. The highest BCUT2D eigenvalue weighted by Crippen LogP contribution is 2.30. The maximum atomic E-state index is 13.5. The van der Waals surface area contributed by atoms with Gasteiger partial charge in [0.2, 0.25) is 11.8 Å². The normalized spacial score (nSPS) is 14.8. The lowest BCUT2D eigenvalue weighted by Gasteiger charge is -2.29. The number of hydrogen-bond acceptors (Lipinski definition) is 4. The molecule has 0 saturated heterocycles. The predicted octanol–water partition coefficient (Wildman–Crippen LogP) is 2.03. The Morgan fingerprint density at radius 3 is 2.76 bits per heavy atom. The molecule has 0 saturated carbocycles. The zero-order valence-corrected chi connectivity index (χ0v) is 13.8. The molecular formula is C17H17F2N3O3. The molecule has 25 heavy (non-hydrogen) atoms. The second-order valence-electron chi connectivity index (χ2n) is 5.99. The third-order valence-electron chi connectivity index (χ3n) is 4.12. The molecule has 0 spiro atoms. The number of halogens is 2. The van der Waals surface area contributed by atoms with Crippen molar-refractivity contribution in [1.82, 2.24) is 15.4 Å². The van der Waals surface area contributed by atoms with Crippen LogP contribution in [-0.4, -0.2) is 34.5 Å². The van der Waals surface area contributed by atoms with Gasteiger partial charge in [-0.15, -0.1) is 0 Å². The Morgan fingerprint density at radius 1 is 1.32 bits per heavy atom. The van der Waals surface area contributed by atoms with E-state index in [-0.39, 0.29) is 18.4 Å². The average molecular weight is 349 g/mol. The number of benzene rings is 1. The smallest absolute Gasteiger partial charge is 0.245 e. The number of nitrogens with zero attached hydrogens (tertiary/aromatic N) is 2. The fraction of sp³-hybridized carbons (Fsp3) is 0.353. The quantitative estimate of drug-likeness (QED) is 0.920. The molecule has 2 amide bonds. The SMILES string of the molecule is CC(=O)N[C@@H](C)C(=O)N1CCc2onc(-c3ccc(F)c(F)c3)c2C1. The van der Waals surface area contributed by atoms with Gasteiger partial charge in [-0.1, -0.05) is 5.16 Å². The van der Waals surface area contributed by atoms with E-state index in [2.05, 4.69) is 10.5 Å². The molecule has 0 radical (unpaired) electrons. The summed E-state index contributed by atoms with van der Waals surface area (Å²) < 4.78 is 31.9. The zero-order chi connectivity index (χ0) is 18.1. The lowest BCUT2D eigenvalue weighted by molar-refractivity contribution is -0.136. The molecule has 1 aromatic heterocycles. The monoisotopic (exact) mass is 349 g/mol. The molecule has 6 nitrogen and oxygen atoms in total. The summed E-state index contributed by atoms with van der Waals surface area (Å²) in [5.41, 5.74) is 1.44. The summed E-state index contributed by atoms with van der Waals surface area (Å²) in [6.45, 7) is 3.63. The van der Waals surface area contributed by atoms with Gasteiger partial charge in [-0.2, -0.15) is 0 Å². The fourth-order valence-electron chi connectivity index (χ4n) is 2.91. The third kappa shape index (κ3) is 3.38. The molecule has 2 aromatic rings. The average Bonchev–Trinajstić information content (AvgIpc) is 2.99. The predicted molar refractivity (Wildman–Crippen MR) is 84.3 cm³/mol. The molecule has 1 N–H and O–H groups in total. The van der Waals surface area contributed by atoms with Crippen LogP contribution >= 0.6 is 0 Å². The number of carbonyl (C=O) groups is 2. The molecule has 1 aliphatic heterocycles. The molecule has 3 rings (SSSR count). The molecule has 0 bridgehead atoms. The van der Waals surface area contributed by atoms with Crippen LogP contribution in [-0.2, 0) is 22.6 Å². The number of carbonyl (C=O) groups excluding carboxylic acids is 2. The van der Waals surface area contributed by atoms with Crippen LogP contribution in [0.5, 0.6) is 0 Å². The number of fused-ring (bicyclic) bond motifs is 1. The van der Waals surface area contributed by atoms with Gasteiger partial charge in [0.05, 0.1) is 6.54 Å². The lowest BCUT2D eigenvalue weighted by atomic mass is 10.0. The van der Waals surface area contributed by atoms with Crippen LogP contribution in [0.3, 0.4) is 0 Å². The minimum Gasteiger partial charge on any atom is -0.360 e. The second-order valence-corrected chi connectivity index (χ2v) is 5.99. The molecule has 2 heterocycles. The van der Waals surface area contributed by atoms with Crippen LogP contribution in [0.15, 0.2) is 22.7 Å². The minimum absolute atomic E-state index is 0.224. The van der Waals surface area contributed by atoms with Gasteiger partial charge in [0.25, 0.3) is 0 Å². The van der Waals surface area contributed by atoms with E-state index in [0.29, 0.717) is 35.5 Å². The number of aromatic nitrogens is 1. The topological polar surface area (TPSA) is 75.4 Å². The van der Waals surface area contributed by atoms with E-state index >= 15 is 0 Å². The molecule has 0 fully saturated rings. The van der Waals surface area contributed by atoms with Crippen molar-refractivity contribution >= 4 is 11.8 Å². The number of hydrogen-bond donors (Lipinski definition) is 1. The van der Waals surface area contributed by atoms with Crippen molar-refractivity contribution < 1.29 is 22.9 Å². The van der Waals surface area contributed by atoms with E-state index < -0.39 is 17.7 Å². The minimum atomic E-state index is -0.975. The molecule has 0 unspecified atom stereocenters. The second kappa shape index (κ2) is 6.62. The van der Waals surface area contributed by atoms with Gasteiger partial charge in [0, 0.05) is 31.0 Å². The van der Waals surface area contributed by atoms with Crippen LogP contribution in [0.1, 0.15) is 25.2 Å². The van der Waals surface area contributed by atoms with Gasteiger partial charge in [-0.3, -0.25) is 9.59 Å². The van der Waals surface area contributed by atoms with Crippen LogP contribution in [0.4, 0.5) is 8.78 Å².